The molecule has 0 unspecified atom stereocenters. The number of aliphatic hydroxyl groups is 1. The second-order valence-electron chi connectivity index (χ2n) is 4.93. The number of esters is 1. The molecule has 2 rings (SSSR count). The first-order valence-corrected chi connectivity index (χ1v) is 6.77. The van der Waals surface area contributed by atoms with Gasteiger partial charge in [-0.25, -0.2) is 4.79 Å². The first kappa shape index (κ1) is 14.0. The zero-order valence-electron chi connectivity index (χ0n) is 11.3. The van der Waals surface area contributed by atoms with Crippen LogP contribution in [0.2, 0.25) is 0 Å². The largest absolute Gasteiger partial charge is 0.465 e. The molecule has 0 radical (unpaired) electrons. The van der Waals surface area contributed by atoms with Crippen LogP contribution in [-0.2, 0) is 11.3 Å². The average Bonchev–Trinajstić information content (AvgIpc) is 2.37. The second-order valence-corrected chi connectivity index (χ2v) is 4.93. The number of hydrogen-bond acceptors (Lipinski definition) is 4. The highest BCUT2D eigenvalue weighted by atomic mass is 16.5. The van der Waals surface area contributed by atoms with Gasteiger partial charge in [0.25, 0.3) is 0 Å². The summed E-state index contributed by atoms with van der Waals surface area (Å²) in [4.78, 5) is 14.0. The molecule has 1 aromatic rings. The average molecular weight is 263 g/mol. The van der Waals surface area contributed by atoms with Crippen LogP contribution in [0, 0.1) is 0 Å². The first-order chi connectivity index (χ1) is 9.26. The van der Waals surface area contributed by atoms with Crippen molar-refractivity contribution in [3.05, 3.63) is 35.4 Å². The minimum atomic E-state index is -0.298. The number of carbonyl (C=O) groups excluding carboxylic acids is 1. The van der Waals surface area contributed by atoms with Crippen molar-refractivity contribution in [2.75, 3.05) is 20.3 Å². The third-order valence-corrected chi connectivity index (χ3v) is 3.77. The fourth-order valence-electron chi connectivity index (χ4n) is 2.46. The molecule has 0 spiro atoms. The van der Waals surface area contributed by atoms with Crippen LogP contribution in [0.25, 0.3) is 0 Å². The molecule has 4 heteroatoms. The van der Waals surface area contributed by atoms with Crippen molar-refractivity contribution in [2.24, 2.45) is 0 Å². The van der Waals surface area contributed by atoms with Gasteiger partial charge in [-0.05, 0) is 24.5 Å². The standard InChI is InChI=1S/C15H21NO3/c1-19-15(18)14-8-3-2-5-12(14)11-16(9-10-17)13-6-4-7-13/h2-3,5,8,13,17H,4,6-7,9-11H2,1H3. The minimum absolute atomic E-state index is 0.150. The van der Waals surface area contributed by atoms with Gasteiger partial charge < -0.3 is 9.84 Å². The van der Waals surface area contributed by atoms with E-state index >= 15 is 0 Å². The molecule has 104 valence electrons. The Bertz CT molecular complexity index is 429. The molecule has 0 aromatic heterocycles. The predicted octanol–water partition coefficient (Wildman–Crippen LogP) is 1.82. The van der Waals surface area contributed by atoms with E-state index in [0.717, 1.165) is 5.56 Å². The Balaban J connectivity index is 2.13. The van der Waals surface area contributed by atoms with Gasteiger partial charge in [0.05, 0.1) is 19.3 Å². The summed E-state index contributed by atoms with van der Waals surface area (Å²) in [6.07, 6.45) is 3.62. The van der Waals surface area contributed by atoms with Crippen molar-refractivity contribution in [3.8, 4) is 0 Å². The van der Waals surface area contributed by atoms with E-state index < -0.39 is 0 Å². The highest BCUT2D eigenvalue weighted by molar-refractivity contribution is 5.90. The molecule has 1 saturated carbocycles. The van der Waals surface area contributed by atoms with Crippen LogP contribution < -0.4 is 0 Å². The molecule has 0 saturated heterocycles. The summed E-state index contributed by atoms with van der Waals surface area (Å²) in [5.41, 5.74) is 1.59. The molecule has 0 amide bonds. The molecule has 1 N–H and O–H groups in total. The van der Waals surface area contributed by atoms with Crippen molar-refractivity contribution in [1.29, 1.82) is 0 Å². The van der Waals surface area contributed by atoms with Gasteiger partial charge in [-0.1, -0.05) is 24.6 Å². The maximum Gasteiger partial charge on any atom is 0.338 e. The maximum absolute atomic E-state index is 11.7. The molecule has 0 heterocycles. The van der Waals surface area contributed by atoms with Crippen LogP contribution in [0.5, 0.6) is 0 Å². The van der Waals surface area contributed by atoms with Crippen LogP contribution in [-0.4, -0.2) is 42.3 Å². The Labute approximate surface area is 114 Å². The van der Waals surface area contributed by atoms with E-state index in [4.69, 9.17) is 4.74 Å². The monoisotopic (exact) mass is 263 g/mol. The minimum Gasteiger partial charge on any atom is -0.465 e. The fraction of sp³-hybridized carbons (Fsp3) is 0.533. The molecule has 0 atom stereocenters. The molecule has 0 bridgehead atoms. The van der Waals surface area contributed by atoms with Gasteiger partial charge in [0.1, 0.15) is 0 Å². The summed E-state index contributed by atoms with van der Waals surface area (Å²) < 4.78 is 4.81. The second kappa shape index (κ2) is 6.68. The Kier molecular flexibility index (Phi) is 4.93. The number of ether oxygens (including phenoxy) is 1. The van der Waals surface area contributed by atoms with Gasteiger partial charge in [0.2, 0.25) is 0 Å². The van der Waals surface area contributed by atoms with E-state index in [2.05, 4.69) is 4.90 Å². The number of carbonyl (C=O) groups is 1. The van der Waals surface area contributed by atoms with Crippen LogP contribution in [0.15, 0.2) is 24.3 Å². The van der Waals surface area contributed by atoms with Crippen LogP contribution in [0.1, 0.15) is 35.2 Å². The Morgan fingerprint density at radius 2 is 2.16 bits per heavy atom. The van der Waals surface area contributed by atoms with Crippen molar-refractivity contribution in [1.82, 2.24) is 4.90 Å². The number of hydrogen-bond donors (Lipinski definition) is 1. The van der Waals surface area contributed by atoms with E-state index in [0.29, 0.717) is 24.7 Å². The Morgan fingerprint density at radius 1 is 1.42 bits per heavy atom. The number of methoxy groups -OCH3 is 1. The quantitative estimate of drug-likeness (QED) is 0.795. The summed E-state index contributed by atoms with van der Waals surface area (Å²) in [7, 11) is 1.40. The van der Waals surface area contributed by atoms with Crippen LogP contribution in [0.4, 0.5) is 0 Å². The maximum atomic E-state index is 11.7. The van der Waals surface area contributed by atoms with E-state index in [-0.39, 0.29) is 12.6 Å². The topological polar surface area (TPSA) is 49.8 Å². The summed E-state index contributed by atoms with van der Waals surface area (Å²) in [6, 6.07) is 8.06. The van der Waals surface area contributed by atoms with Gasteiger partial charge in [-0.2, -0.15) is 0 Å². The van der Waals surface area contributed by atoms with Gasteiger partial charge in [0.15, 0.2) is 0 Å². The molecule has 1 fully saturated rings. The van der Waals surface area contributed by atoms with Crippen molar-refractivity contribution >= 4 is 5.97 Å². The van der Waals surface area contributed by atoms with Gasteiger partial charge in [-0.3, -0.25) is 4.90 Å². The lowest BCUT2D eigenvalue weighted by Crippen LogP contribution is -2.41. The predicted molar refractivity (Wildman–Crippen MR) is 72.9 cm³/mol. The van der Waals surface area contributed by atoms with Crippen LogP contribution in [0.3, 0.4) is 0 Å². The van der Waals surface area contributed by atoms with Gasteiger partial charge in [-0.15, -0.1) is 0 Å². The van der Waals surface area contributed by atoms with E-state index in [1.54, 1.807) is 6.07 Å². The first-order valence-electron chi connectivity index (χ1n) is 6.77. The molecule has 0 aliphatic heterocycles. The lowest BCUT2D eigenvalue weighted by molar-refractivity contribution is 0.0593. The lowest BCUT2D eigenvalue weighted by atomic mass is 9.91. The number of nitrogens with zero attached hydrogens (tertiary/aromatic N) is 1. The zero-order chi connectivity index (χ0) is 13.7. The third kappa shape index (κ3) is 3.33. The van der Waals surface area contributed by atoms with E-state index in [1.807, 2.05) is 18.2 Å². The van der Waals surface area contributed by atoms with Gasteiger partial charge >= 0.3 is 5.97 Å². The number of benzene rings is 1. The van der Waals surface area contributed by atoms with Crippen molar-refractivity contribution in [3.63, 3.8) is 0 Å². The molecule has 1 aliphatic rings. The zero-order valence-corrected chi connectivity index (χ0v) is 11.3. The molecule has 1 aliphatic carbocycles. The number of aliphatic hydroxyl groups excluding tert-OH is 1. The SMILES string of the molecule is COC(=O)c1ccccc1CN(CCO)C1CCC1. The molecular formula is C15H21NO3. The highest BCUT2D eigenvalue weighted by Crippen LogP contribution is 2.26. The summed E-state index contributed by atoms with van der Waals surface area (Å²) in [6.45, 7) is 1.49. The molecule has 4 nitrogen and oxygen atoms in total. The summed E-state index contributed by atoms with van der Waals surface area (Å²) in [5.74, 6) is -0.298. The van der Waals surface area contributed by atoms with Crippen LogP contribution >= 0.6 is 0 Å². The summed E-state index contributed by atoms with van der Waals surface area (Å²) >= 11 is 0. The smallest absolute Gasteiger partial charge is 0.338 e. The molecular weight excluding hydrogens is 242 g/mol. The van der Waals surface area contributed by atoms with E-state index in [1.165, 1.54) is 26.4 Å². The van der Waals surface area contributed by atoms with Crippen molar-refractivity contribution < 1.29 is 14.6 Å². The highest BCUT2D eigenvalue weighted by Gasteiger charge is 2.25. The number of rotatable bonds is 6. The van der Waals surface area contributed by atoms with Crippen molar-refractivity contribution in [2.45, 2.75) is 31.8 Å². The summed E-state index contributed by atoms with van der Waals surface area (Å²) in [5, 5.41) is 9.17. The Hall–Kier alpha value is -1.39. The molecule has 1 aromatic carbocycles. The molecule has 19 heavy (non-hydrogen) atoms. The normalized spacial score (nSPS) is 15.3. The fourth-order valence-corrected chi connectivity index (χ4v) is 2.46. The van der Waals surface area contributed by atoms with Gasteiger partial charge in [0, 0.05) is 19.1 Å². The third-order valence-electron chi connectivity index (χ3n) is 3.77. The Morgan fingerprint density at radius 3 is 2.74 bits per heavy atom. The van der Waals surface area contributed by atoms with E-state index in [9.17, 15) is 9.90 Å². The lowest BCUT2D eigenvalue weighted by Gasteiger charge is -2.37.